The van der Waals surface area contributed by atoms with Gasteiger partial charge in [-0.1, -0.05) is 13.8 Å². The van der Waals surface area contributed by atoms with Gasteiger partial charge in [-0.2, -0.15) is 0 Å². The summed E-state index contributed by atoms with van der Waals surface area (Å²) in [5.41, 5.74) is 1.16. The summed E-state index contributed by atoms with van der Waals surface area (Å²) >= 11 is 0. The minimum absolute atomic E-state index is 0.759. The monoisotopic (exact) mass is 295 g/mol. The third-order valence-corrected chi connectivity index (χ3v) is 3.30. The summed E-state index contributed by atoms with van der Waals surface area (Å²) in [4.78, 5) is 10.9. The number of anilines is 2. The van der Waals surface area contributed by atoms with Crippen molar-refractivity contribution in [1.82, 2.24) is 14.9 Å². The fraction of sp³-hybridized carbons (Fsp3) is 0.733. The number of rotatable bonds is 11. The Hall–Kier alpha value is -1.40. The molecule has 2 N–H and O–H groups in total. The van der Waals surface area contributed by atoms with Gasteiger partial charge in [-0.25, -0.2) is 9.97 Å². The number of hydrogen-bond acceptors (Lipinski definition) is 6. The molecule has 0 aliphatic heterocycles. The highest BCUT2D eigenvalue weighted by Crippen LogP contribution is 2.20. The maximum Gasteiger partial charge on any atom is 0.134 e. The molecule has 1 rings (SSSR count). The van der Waals surface area contributed by atoms with E-state index < -0.39 is 0 Å². The molecule has 0 bridgehead atoms. The molecule has 0 radical (unpaired) electrons. The largest absolute Gasteiger partial charge is 0.383 e. The average molecular weight is 295 g/mol. The molecule has 0 unspecified atom stereocenters. The number of nitrogens with one attached hydrogen (secondary N) is 2. The zero-order valence-corrected chi connectivity index (χ0v) is 13.8. The SMILES string of the molecule is CCCNc1ncnc(NCCN(C)CCOC)c1CC. The predicted molar refractivity (Wildman–Crippen MR) is 88.1 cm³/mol. The number of hydrogen-bond donors (Lipinski definition) is 2. The van der Waals surface area contributed by atoms with Crippen LogP contribution in [0.4, 0.5) is 11.6 Å². The van der Waals surface area contributed by atoms with Crippen LogP contribution in [0.1, 0.15) is 25.8 Å². The molecule has 0 atom stereocenters. The normalized spacial score (nSPS) is 10.9. The molecule has 1 aromatic heterocycles. The Morgan fingerprint density at radius 2 is 1.76 bits per heavy atom. The van der Waals surface area contributed by atoms with E-state index in [-0.39, 0.29) is 0 Å². The van der Waals surface area contributed by atoms with Crippen molar-refractivity contribution < 1.29 is 4.74 Å². The molecule has 0 aliphatic carbocycles. The van der Waals surface area contributed by atoms with Gasteiger partial charge in [0.1, 0.15) is 18.0 Å². The number of methoxy groups -OCH3 is 1. The second-order valence-corrected chi connectivity index (χ2v) is 5.05. The van der Waals surface area contributed by atoms with E-state index in [4.69, 9.17) is 4.74 Å². The van der Waals surface area contributed by atoms with Crippen LogP contribution in [0.15, 0.2) is 6.33 Å². The van der Waals surface area contributed by atoms with Crippen molar-refractivity contribution in [3.63, 3.8) is 0 Å². The van der Waals surface area contributed by atoms with Crippen LogP contribution in [-0.4, -0.2) is 61.8 Å². The van der Waals surface area contributed by atoms with Crippen LogP contribution in [0, 0.1) is 0 Å². The fourth-order valence-electron chi connectivity index (χ4n) is 2.02. The van der Waals surface area contributed by atoms with E-state index in [1.165, 1.54) is 0 Å². The van der Waals surface area contributed by atoms with Crippen molar-refractivity contribution in [3.05, 3.63) is 11.9 Å². The van der Waals surface area contributed by atoms with Crippen molar-refractivity contribution in [2.45, 2.75) is 26.7 Å². The van der Waals surface area contributed by atoms with Crippen LogP contribution in [0.3, 0.4) is 0 Å². The predicted octanol–water partition coefficient (Wildman–Crippen LogP) is 1.85. The summed E-state index contributed by atoms with van der Waals surface area (Å²) in [6, 6.07) is 0. The number of likely N-dealkylation sites (N-methyl/N-ethyl adjacent to an activating group) is 1. The molecule has 1 aromatic rings. The summed E-state index contributed by atoms with van der Waals surface area (Å²) in [5, 5.41) is 6.78. The van der Waals surface area contributed by atoms with Gasteiger partial charge in [0.25, 0.3) is 0 Å². The van der Waals surface area contributed by atoms with Crippen molar-refractivity contribution >= 4 is 11.6 Å². The lowest BCUT2D eigenvalue weighted by atomic mass is 10.2. The van der Waals surface area contributed by atoms with Crippen molar-refractivity contribution in [1.29, 1.82) is 0 Å². The molecule has 0 saturated carbocycles. The molecule has 0 aliphatic rings. The van der Waals surface area contributed by atoms with Crippen LogP contribution >= 0.6 is 0 Å². The molecule has 0 saturated heterocycles. The fourth-order valence-corrected chi connectivity index (χ4v) is 2.02. The lowest BCUT2D eigenvalue weighted by Gasteiger charge is -2.18. The Morgan fingerprint density at radius 3 is 2.33 bits per heavy atom. The Morgan fingerprint density at radius 1 is 1.10 bits per heavy atom. The minimum atomic E-state index is 0.759. The van der Waals surface area contributed by atoms with Gasteiger partial charge < -0.3 is 20.3 Å². The van der Waals surface area contributed by atoms with Gasteiger partial charge in [0, 0.05) is 38.9 Å². The zero-order valence-electron chi connectivity index (χ0n) is 13.8. The summed E-state index contributed by atoms with van der Waals surface area (Å²) in [6.45, 7) is 8.72. The minimum Gasteiger partial charge on any atom is -0.383 e. The van der Waals surface area contributed by atoms with Gasteiger partial charge in [0.15, 0.2) is 0 Å². The number of nitrogens with zero attached hydrogens (tertiary/aromatic N) is 3. The second kappa shape index (κ2) is 10.3. The Bertz CT molecular complexity index is 400. The number of aromatic nitrogens is 2. The van der Waals surface area contributed by atoms with E-state index in [1.54, 1.807) is 13.4 Å². The molecule has 120 valence electrons. The van der Waals surface area contributed by atoms with E-state index in [1.807, 2.05) is 0 Å². The molecule has 21 heavy (non-hydrogen) atoms. The highest BCUT2D eigenvalue weighted by molar-refractivity contribution is 5.57. The molecule has 0 fully saturated rings. The van der Waals surface area contributed by atoms with E-state index in [2.05, 4.69) is 46.4 Å². The molecule has 6 heteroatoms. The summed E-state index contributed by atoms with van der Waals surface area (Å²) in [5.74, 6) is 1.89. The quantitative estimate of drug-likeness (QED) is 0.650. The smallest absolute Gasteiger partial charge is 0.134 e. The molecule has 1 heterocycles. The van der Waals surface area contributed by atoms with E-state index in [0.29, 0.717) is 0 Å². The topological polar surface area (TPSA) is 62.3 Å². The third-order valence-electron chi connectivity index (χ3n) is 3.30. The molecule has 6 nitrogen and oxygen atoms in total. The summed E-state index contributed by atoms with van der Waals surface area (Å²) in [6.07, 6.45) is 3.61. The first-order chi connectivity index (χ1) is 10.2. The lowest BCUT2D eigenvalue weighted by molar-refractivity contribution is 0.163. The van der Waals surface area contributed by atoms with E-state index in [0.717, 1.165) is 62.8 Å². The van der Waals surface area contributed by atoms with Gasteiger partial charge in [-0.05, 0) is 19.9 Å². The van der Waals surface area contributed by atoms with E-state index in [9.17, 15) is 0 Å². The standard InChI is InChI=1S/C15H29N5O/c1-5-7-16-14-13(6-2)15(19-12-18-14)17-8-9-20(3)10-11-21-4/h12H,5-11H2,1-4H3,(H2,16,17,18,19). The van der Waals surface area contributed by atoms with Crippen LogP contribution in [0.5, 0.6) is 0 Å². The Kier molecular flexibility index (Phi) is 8.69. The van der Waals surface area contributed by atoms with Crippen LogP contribution in [0.2, 0.25) is 0 Å². The van der Waals surface area contributed by atoms with Gasteiger partial charge in [-0.3, -0.25) is 0 Å². The Balaban J connectivity index is 2.53. The summed E-state index contributed by atoms with van der Waals surface area (Å²) < 4.78 is 5.08. The highest BCUT2D eigenvalue weighted by Gasteiger charge is 2.09. The first-order valence-corrected chi connectivity index (χ1v) is 7.72. The van der Waals surface area contributed by atoms with Gasteiger partial charge in [-0.15, -0.1) is 0 Å². The first-order valence-electron chi connectivity index (χ1n) is 7.72. The number of ether oxygens (including phenoxy) is 1. The molecular formula is C15H29N5O. The van der Waals surface area contributed by atoms with E-state index >= 15 is 0 Å². The molecule has 0 aromatic carbocycles. The van der Waals surface area contributed by atoms with Crippen molar-refractivity contribution in [3.8, 4) is 0 Å². The highest BCUT2D eigenvalue weighted by atomic mass is 16.5. The zero-order chi connectivity index (χ0) is 15.5. The Labute approximate surface area is 128 Å². The first kappa shape index (κ1) is 17.7. The molecule has 0 amide bonds. The van der Waals surface area contributed by atoms with Crippen molar-refractivity contribution in [2.75, 3.05) is 57.6 Å². The average Bonchev–Trinajstić information content (AvgIpc) is 2.50. The molecule has 0 spiro atoms. The van der Waals surface area contributed by atoms with Gasteiger partial charge in [0.05, 0.1) is 6.61 Å². The van der Waals surface area contributed by atoms with Crippen LogP contribution in [0.25, 0.3) is 0 Å². The summed E-state index contributed by atoms with van der Waals surface area (Å²) in [7, 11) is 3.82. The van der Waals surface area contributed by atoms with Crippen LogP contribution < -0.4 is 10.6 Å². The van der Waals surface area contributed by atoms with Crippen molar-refractivity contribution in [2.24, 2.45) is 0 Å². The van der Waals surface area contributed by atoms with Crippen LogP contribution in [-0.2, 0) is 11.2 Å². The molecular weight excluding hydrogens is 266 g/mol. The third kappa shape index (κ3) is 6.27. The van der Waals surface area contributed by atoms with Gasteiger partial charge >= 0.3 is 0 Å². The maximum absolute atomic E-state index is 5.08. The lowest BCUT2D eigenvalue weighted by Crippen LogP contribution is -2.28. The second-order valence-electron chi connectivity index (χ2n) is 5.05. The van der Waals surface area contributed by atoms with Gasteiger partial charge in [0.2, 0.25) is 0 Å². The maximum atomic E-state index is 5.08.